The molecule has 27 heavy (non-hydrogen) atoms. The lowest BCUT2D eigenvalue weighted by molar-refractivity contribution is -0.122. The van der Waals surface area contributed by atoms with Gasteiger partial charge in [0.25, 0.3) is 0 Å². The number of anilines is 1. The third-order valence-corrected chi connectivity index (χ3v) is 5.57. The summed E-state index contributed by atoms with van der Waals surface area (Å²) in [5.41, 5.74) is 1.08. The first-order valence-corrected chi connectivity index (χ1v) is 10.7. The molecule has 0 fully saturated rings. The molecule has 2 rings (SSSR count). The molecule has 0 spiro atoms. The molecular weight excluding hydrogens is 391 g/mol. The van der Waals surface area contributed by atoms with Crippen molar-refractivity contribution in [3.63, 3.8) is 0 Å². The monoisotopic (exact) mass is 412 g/mol. The minimum Gasteiger partial charge on any atom is -0.348 e. The smallest absolute Gasteiger partial charge is 0.244 e. The van der Waals surface area contributed by atoms with Crippen LogP contribution in [0.5, 0.6) is 0 Å². The van der Waals surface area contributed by atoms with E-state index in [-0.39, 0.29) is 12.2 Å². The second-order valence-corrected chi connectivity index (χ2v) is 8.54. The fraction of sp³-hybridized carbons (Fsp3) is 0.316. The maximum Gasteiger partial charge on any atom is 0.244 e. The highest BCUT2D eigenvalue weighted by Gasteiger charge is 2.32. The van der Waals surface area contributed by atoms with Gasteiger partial charge in [0, 0.05) is 5.02 Å². The summed E-state index contributed by atoms with van der Waals surface area (Å²) in [5.74, 6) is -0.801. The van der Waals surface area contributed by atoms with E-state index in [9.17, 15) is 17.6 Å². The molecule has 2 atom stereocenters. The number of benzene rings is 2. The van der Waals surface area contributed by atoms with Crippen molar-refractivity contribution in [2.24, 2.45) is 0 Å². The van der Waals surface area contributed by atoms with Gasteiger partial charge >= 0.3 is 0 Å². The second-order valence-electron chi connectivity index (χ2n) is 6.24. The zero-order valence-electron chi connectivity index (χ0n) is 15.3. The Morgan fingerprint density at radius 3 is 2.19 bits per heavy atom. The van der Waals surface area contributed by atoms with Gasteiger partial charge in [0.15, 0.2) is 0 Å². The van der Waals surface area contributed by atoms with Crippen LogP contribution in [0.15, 0.2) is 48.5 Å². The quantitative estimate of drug-likeness (QED) is 0.749. The third kappa shape index (κ3) is 5.43. The Balaban J connectivity index is 2.28. The van der Waals surface area contributed by atoms with E-state index in [1.807, 2.05) is 0 Å². The average Bonchev–Trinajstić information content (AvgIpc) is 2.60. The van der Waals surface area contributed by atoms with Gasteiger partial charge in [-0.15, -0.1) is 0 Å². The second kappa shape index (κ2) is 8.71. The van der Waals surface area contributed by atoms with Crippen LogP contribution < -0.4 is 9.62 Å². The van der Waals surface area contributed by atoms with Gasteiger partial charge in [0.2, 0.25) is 15.9 Å². The van der Waals surface area contributed by atoms with Crippen molar-refractivity contribution < 1.29 is 17.6 Å². The molecule has 0 saturated carbocycles. The highest BCUT2D eigenvalue weighted by atomic mass is 35.5. The number of hydrogen-bond donors (Lipinski definition) is 1. The van der Waals surface area contributed by atoms with Gasteiger partial charge in [-0.25, -0.2) is 12.8 Å². The fourth-order valence-corrected chi connectivity index (χ4v) is 4.13. The predicted molar refractivity (Wildman–Crippen MR) is 106 cm³/mol. The van der Waals surface area contributed by atoms with Gasteiger partial charge in [-0.3, -0.25) is 9.10 Å². The summed E-state index contributed by atoms with van der Waals surface area (Å²) in [6.45, 7) is 3.49. The maximum atomic E-state index is 13.1. The van der Waals surface area contributed by atoms with Crippen LogP contribution in [-0.4, -0.2) is 26.6 Å². The van der Waals surface area contributed by atoms with E-state index in [0.29, 0.717) is 10.7 Å². The van der Waals surface area contributed by atoms with E-state index in [2.05, 4.69) is 5.32 Å². The minimum absolute atomic E-state index is 0.275. The van der Waals surface area contributed by atoms with Gasteiger partial charge in [0.05, 0.1) is 18.0 Å². The predicted octanol–water partition coefficient (Wildman–Crippen LogP) is 3.90. The zero-order chi connectivity index (χ0) is 20.2. The van der Waals surface area contributed by atoms with E-state index in [1.54, 1.807) is 50.2 Å². The van der Waals surface area contributed by atoms with E-state index in [1.165, 1.54) is 12.1 Å². The Bertz CT molecular complexity index is 886. The molecule has 0 aromatic heterocycles. The molecule has 5 nitrogen and oxygen atoms in total. The Morgan fingerprint density at radius 2 is 1.70 bits per heavy atom. The van der Waals surface area contributed by atoms with Gasteiger partial charge in [-0.2, -0.15) is 0 Å². The molecule has 146 valence electrons. The molecular formula is C19H22ClFN2O3S. The summed E-state index contributed by atoms with van der Waals surface area (Å²) < 4.78 is 38.9. The standard InChI is InChI=1S/C19H22ClFN2O3S/c1-4-18(19(24)22-13(2)14-5-9-16(21)10-6-14)23(27(3,25)26)17-11-7-15(20)8-12-17/h5-13,18H,4H2,1-3H3,(H,22,24)/t13-,18-/m1/s1. The summed E-state index contributed by atoms with van der Waals surface area (Å²) >= 11 is 5.88. The van der Waals surface area contributed by atoms with Crippen LogP contribution in [0.4, 0.5) is 10.1 Å². The Morgan fingerprint density at radius 1 is 1.15 bits per heavy atom. The number of sulfonamides is 1. The summed E-state index contributed by atoms with van der Waals surface area (Å²) in [5, 5.41) is 3.27. The van der Waals surface area contributed by atoms with Crippen LogP contribution in [0, 0.1) is 5.82 Å². The summed E-state index contributed by atoms with van der Waals surface area (Å²) in [6.07, 6.45) is 1.33. The SMILES string of the molecule is CC[C@H](C(=O)N[C@H](C)c1ccc(F)cc1)N(c1ccc(Cl)cc1)S(C)(=O)=O. The van der Waals surface area contributed by atoms with Gasteiger partial charge in [-0.1, -0.05) is 30.7 Å². The first-order valence-electron chi connectivity index (χ1n) is 8.44. The van der Waals surface area contributed by atoms with Crippen molar-refractivity contribution in [1.29, 1.82) is 0 Å². The van der Waals surface area contributed by atoms with E-state index in [4.69, 9.17) is 11.6 Å². The van der Waals surface area contributed by atoms with E-state index < -0.39 is 28.0 Å². The lowest BCUT2D eigenvalue weighted by Crippen LogP contribution is -2.49. The minimum atomic E-state index is -3.71. The van der Waals surface area contributed by atoms with E-state index >= 15 is 0 Å². The van der Waals surface area contributed by atoms with Crippen molar-refractivity contribution in [3.05, 3.63) is 64.9 Å². The molecule has 8 heteroatoms. The number of nitrogens with one attached hydrogen (secondary N) is 1. The molecule has 2 aromatic carbocycles. The van der Waals surface area contributed by atoms with Crippen LogP contribution in [-0.2, 0) is 14.8 Å². The first-order chi connectivity index (χ1) is 12.6. The lowest BCUT2D eigenvalue weighted by atomic mass is 10.1. The topological polar surface area (TPSA) is 66.5 Å². The van der Waals surface area contributed by atoms with Crippen molar-refractivity contribution in [3.8, 4) is 0 Å². The molecule has 0 aliphatic rings. The van der Waals surface area contributed by atoms with Crippen LogP contribution in [0.2, 0.25) is 5.02 Å². The summed E-state index contributed by atoms with van der Waals surface area (Å²) in [4.78, 5) is 12.8. The van der Waals surface area contributed by atoms with E-state index in [0.717, 1.165) is 16.1 Å². The van der Waals surface area contributed by atoms with Crippen molar-refractivity contribution in [2.75, 3.05) is 10.6 Å². The molecule has 0 aliphatic heterocycles. The molecule has 0 radical (unpaired) electrons. The first kappa shape index (κ1) is 21.2. The highest BCUT2D eigenvalue weighted by molar-refractivity contribution is 7.92. The lowest BCUT2D eigenvalue weighted by Gasteiger charge is -2.31. The van der Waals surface area contributed by atoms with Crippen molar-refractivity contribution >= 4 is 33.2 Å². The number of amides is 1. The van der Waals surface area contributed by atoms with Crippen LogP contribution in [0.3, 0.4) is 0 Å². The molecule has 2 aromatic rings. The molecule has 0 bridgehead atoms. The van der Waals surface area contributed by atoms with Gasteiger partial charge < -0.3 is 5.32 Å². The Hall–Kier alpha value is -2.12. The van der Waals surface area contributed by atoms with Crippen LogP contribution >= 0.6 is 11.6 Å². The molecule has 0 unspecified atom stereocenters. The molecule has 0 aliphatic carbocycles. The largest absolute Gasteiger partial charge is 0.348 e. The fourth-order valence-electron chi connectivity index (χ4n) is 2.79. The number of carbonyl (C=O) groups excluding carboxylic acids is 1. The molecule has 1 N–H and O–H groups in total. The molecule has 1 amide bonds. The van der Waals surface area contributed by atoms with Gasteiger partial charge in [-0.05, 0) is 55.3 Å². The summed E-state index contributed by atoms with van der Waals surface area (Å²) in [6, 6.07) is 10.7. The molecule has 0 saturated heterocycles. The number of nitrogens with zero attached hydrogens (tertiary/aromatic N) is 1. The number of carbonyl (C=O) groups is 1. The Kier molecular flexibility index (Phi) is 6.84. The average molecular weight is 413 g/mol. The summed E-state index contributed by atoms with van der Waals surface area (Å²) in [7, 11) is -3.71. The van der Waals surface area contributed by atoms with Crippen molar-refractivity contribution in [1.82, 2.24) is 5.32 Å². The van der Waals surface area contributed by atoms with Crippen LogP contribution in [0.25, 0.3) is 0 Å². The number of halogens is 2. The number of hydrogen-bond acceptors (Lipinski definition) is 3. The highest BCUT2D eigenvalue weighted by Crippen LogP contribution is 2.25. The molecule has 0 heterocycles. The normalized spacial score (nSPS) is 13.7. The third-order valence-electron chi connectivity index (χ3n) is 4.14. The zero-order valence-corrected chi connectivity index (χ0v) is 16.9. The Labute approximate surface area is 164 Å². The van der Waals surface area contributed by atoms with Crippen molar-refractivity contribution in [2.45, 2.75) is 32.4 Å². The number of rotatable bonds is 7. The maximum absolute atomic E-state index is 13.1. The van der Waals surface area contributed by atoms with Crippen LogP contribution in [0.1, 0.15) is 31.9 Å². The van der Waals surface area contributed by atoms with Gasteiger partial charge in [0.1, 0.15) is 11.9 Å².